The van der Waals surface area contributed by atoms with Crippen LogP contribution < -0.4 is 10.5 Å². The van der Waals surface area contributed by atoms with E-state index in [9.17, 15) is 0 Å². The SMILES string of the molecule is CCOc1ccccc1-c1[nH]c2c(Cl)cc(Cl)cc2c1CCCCN. The summed E-state index contributed by atoms with van der Waals surface area (Å²) in [5.74, 6) is 0.860. The first-order chi connectivity index (χ1) is 12.2. The number of fused-ring (bicyclic) bond motifs is 1. The number of hydrogen-bond acceptors (Lipinski definition) is 2. The maximum absolute atomic E-state index is 6.43. The van der Waals surface area contributed by atoms with Crippen molar-refractivity contribution in [1.82, 2.24) is 4.98 Å². The molecule has 132 valence electrons. The Hall–Kier alpha value is -1.68. The molecule has 3 aromatic rings. The van der Waals surface area contributed by atoms with Gasteiger partial charge >= 0.3 is 0 Å². The number of nitrogens with one attached hydrogen (secondary N) is 1. The van der Waals surface area contributed by atoms with Crippen molar-refractivity contribution in [2.75, 3.05) is 13.2 Å². The Morgan fingerprint density at radius 3 is 2.68 bits per heavy atom. The predicted octanol–water partition coefficient (Wildman–Crippen LogP) is 5.82. The van der Waals surface area contributed by atoms with Gasteiger partial charge in [-0.05, 0) is 62.6 Å². The van der Waals surface area contributed by atoms with Crippen LogP contribution in [0.15, 0.2) is 36.4 Å². The third-order valence-electron chi connectivity index (χ3n) is 4.27. The van der Waals surface area contributed by atoms with Gasteiger partial charge in [0.05, 0.1) is 22.8 Å². The number of hydrogen-bond donors (Lipinski definition) is 2. The van der Waals surface area contributed by atoms with Crippen LogP contribution in [0.5, 0.6) is 5.75 Å². The van der Waals surface area contributed by atoms with E-state index in [1.807, 2.05) is 31.2 Å². The molecule has 0 aliphatic carbocycles. The van der Waals surface area contributed by atoms with E-state index >= 15 is 0 Å². The van der Waals surface area contributed by atoms with E-state index in [0.29, 0.717) is 23.2 Å². The van der Waals surface area contributed by atoms with Gasteiger partial charge in [0, 0.05) is 16.0 Å². The highest BCUT2D eigenvalue weighted by molar-refractivity contribution is 6.38. The summed E-state index contributed by atoms with van der Waals surface area (Å²) >= 11 is 12.7. The van der Waals surface area contributed by atoms with Gasteiger partial charge in [-0.15, -0.1) is 0 Å². The van der Waals surface area contributed by atoms with Gasteiger partial charge in [-0.2, -0.15) is 0 Å². The van der Waals surface area contributed by atoms with Gasteiger partial charge in [0.25, 0.3) is 0 Å². The number of aromatic nitrogens is 1. The van der Waals surface area contributed by atoms with Gasteiger partial charge in [0.15, 0.2) is 0 Å². The van der Waals surface area contributed by atoms with Crippen LogP contribution in [0.1, 0.15) is 25.3 Å². The Bertz CT molecular complexity index is 874. The molecule has 0 saturated heterocycles. The van der Waals surface area contributed by atoms with E-state index in [1.54, 1.807) is 6.07 Å². The molecular formula is C20H22Cl2N2O. The molecule has 0 bridgehead atoms. The molecule has 3 nitrogen and oxygen atoms in total. The lowest BCUT2D eigenvalue weighted by atomic mass is 9.99. The van der Waals surface area contributed by atoms with Crippen molar-refractivity contribution in [2.45, 2.75) is 26.2 Å². The fourth-order valence-electron chi connectivity index (χ4n) is 3.16. The molecule has 3 N–H and O–H groups in total. The van der Waals surface area contributed by atoms with Crippen LogP contribution in [-0.4, -0.2) is 18.1 Å². The van der Waals surface area contributed by atoms with Crippen LogP contribution in [0, 0.1) is 0 Å². The number of aromatic amines is 1. The number of ether oxygens (including phenoxy) is 1. The van der Waals surface area contributed by atoms with Crippen molar-refractivity contribution < 1.29 is 4.74 Å². The topological polar surface area (TPSA) is 51.0 Å². The Labute approximate surface area is 158 Å². The molecule has 0 fully saturated rings. The molecule has 5 heteroatoms. The van der Waals surface area contributed by atoms with E-state index in [-0.39, 0.29) is 0 Å². The first-order valence-electron chi connectivity index (χ1n) is 8.57. The van der Waals surface area contributed by atoms with Crippen LogP contribution in [0.25, 0.3) is 22.2 Å². The lowest BCUT2D eigenvalue weighted by molar-refractivity contribution is 0.341. The van der Waals surface area contributed by atoms with Gasteiger partial charge in [0.2, 0.25) is 0 Å². The largest absolute Gasteiger partial charge is 0.493 e. The normalized spacial score (nSPS) is 11.2. The molecule has 0 unspecified atom stereocenters. The molecule has 0 amide bonds. The minimum absolute atomic E-state index is 0.617. The number of unbranched alkanes of at least 4 members (excludes halogenated alkanes) is 1. The van der Waals surface area contributed by atoms with Crippen LogP contribution in [0.4, 0.5) is 0 Å². The Balaban J connectivity index is 2.20. The summed E-state index contributed by atoms with van der Waals surface area (Å²) in [4.78, 5) is 3.50. The van der Waals surface area contributed by atoms with Crippen LogP contribution in [-0.2, 0) is 6.42 Å². The van der Waals surface area contributed by atoms with Crippen molar-refractivity contribution in [3.63, 3.8) is 0 Å². The second-order valence-electron chi connectivity index (χ2n) is 5.96. The zero-order chi connectivity index (χ0) is 17.8. The summed E-state index contributed by atoms with van der Waals surface area (Å²) in [5, 5.41) is 2.33. The molecule has 0 atom stereocenters. The molecule has 1 aromatic heterocycles. The second-order valence-corrected chi connectivity index (χ2v) is 6.81. The standard InChI is InChI=1S/C20H22Cl2N2O/c1-2-25-18-9-4-3-8-15(18)19-14(7-5-6-10-23)16-11-13(21)12-17(22)20(16)24-19/h3-4,8-9,11-12,24H,2,5-7,10,23H2,1H3. The van der Waals surface area contributed by atoms with Crippen molar-refractivity contribution in [2.24, 2.45) is 5.73 Å². The predicted molar refractivity (Wildman–Crippen MR) is 107 cm³/mol. The summed E-state index contributed by atoms with van der Waals surface area (Å²) in [6.07, 6.45) is 2.90. The Kier molecular flexibility index (Phi) is 5.89. The first kappa shape index (κ1) is 18.1. The Morgan fingerprint density at radius 1 is 1.12 bits per heavy atom. The van der Waals surface area contributed by atoms with E-state index in [2.05, 4.69) is 11.1 Å². The van der Waals surface area contributed by atoms with E-state index in [4.69, 9.17) is 33.7 Å². The third kappa shape index (κ3) is 3.79. The highest BCUT2D eigenvalue weighted by atomic mass is 35.5. The summed E-state index contributed by atoms with van der Waals surface area (Å²) in [7, 11) is 0. The lowest BCUT2D eigenvalue weighted by Crippen LogP contribution is -2.00. The number of benzene rings is 2. The number of nitrogens with two attached hydrogens (primary N) is 1. The highest BCUT2D eigenvalue weighted by Crippen LogP contribution is 2.39. The maximum atomic E-state index is 6.43. The third-order valence-corrected chi connectivity index (χ3v) is 4.79. The molecule has 0 saturated carbocycles. The molecule has 3 rings (SSSR count). The number of aryl methyl sites for hydroxylation is 1. The van der Waals surface area contributed by atoms with E-state index in [1.165, 1.54) is 5.56 Å². The van der Waals surface area contributed by atoms with Crippen LogP contribution in [0.3, 0.4) is 0 Å². The average Bonchev–Trinajstić information content (AvgIpc) is 2.95. The minimum atomic E-state index is 0.617. The highest BCUT2D eigenvalue weighted by Gasteiger charge is 2.18. The maximum Gasteiger partial charge on any atom is 0.128 e. The van der Waals surface area contributed by atoms with Crippen molar-refractivity contribution in [3.05, 3.63) is 52.0 Å². The van der Waals surface area contributed by atoms with Crippen molar-refractivity contribution in [3.8, 4) is 17.0 Å². The summed E-state index contributed by atoms with van der Waals surface area (Å²) in [5.41, 5.74) is 9.87. The molecule has 0 spiro atoms. The van der Waals surface area contributed by atoms with Gasteiger partial charge in [-0.1, -0.05) is 35.3 Å². The molecule has 25 heavy (non-hydrogen) atoms. The van der Waals surface area contributed by atoms with Crippen LogP contribution in [0.2, 0.25) is 10.0 Å². The molecule has 0 aliphatic rings. The van der Waals surface area contributed by atoms with Crippen molar-refractivity contribution in [1.29, 1.82) is 0 Å². The van der Waals surface area contributed by atoms with E-state index < -0.39 is 0 Å². The quantitative estimate of drug-likeness (QED) is 0.510. The zero-order valence-electron chi connectivity index (χ0n) is 14.2. The Morgan fingerprint density at radius 2 is 1.92 bits per heavy atom. The summed E-state index contributed by atoms with van der Waals surface area (Å²) < 4.78 is 5.82. The minimum Gasteiger partial charge on any atom is -0.493 e. The molecule has 1 heterocycles. The fraction of sp³-hybridized carbons (Fsp3) is 0.300. The zero-order valence-corrected chi connectivity index (χ0v) is 15.8. The number of H-pyrrole nitrogens is 1. The number of rotatable bonds is 7. The molecule has 0 radical (unpaired) electrons. The summed E-state index contributed by atoms with van der Waals surface area (Å²) in [6.45, 7) is 3.29. The van der Waals surface area contributed by atoms with Gasteiger partial charge in [-0.3, -0.25) is 0 Å². The monoisotopic (exact) mass is 376 g/mol. The van der Waals surface area contributed by atoms with E-state index in [0.717, 1.165) is 47.2 Å². The van der Waals surface area contributed by atoms with Gasteiger partial charge < -0.3 is 15.5 Å². The first-order valence-corrected chi connectivity index (χ1v) is 9.33. The lowest BCUT2D eigenvalue weighted by Gasteiger charge is -2.11. The fourth-order valence-corrected chi connectivity index (χ4v) is 3.70. The average molecular weight is 377 g/mol. The summed E-state index contributed by atoms with van der Waals surface area (Å²) in [6, 6.07) is 11.8. The molecular weight excluding hydrogens is 355 g/mol. The van der Waals surface area contributed by atoms with Gasteiger partial charge in [0.1, 0.15) is 5.75 Å². The number of para-hydroxylation sites is 1. The molecule has 0 aliphatic heterocycles. The number of halogens is 2. The van der Waals surface area contributed by atoms with Crippen LogP contribution >= 0.6 is 23.2 Å². The second kappa shape index (κ2) is 8.13. The smallest absolute Gasteiger partial charge is 0.128 e. The van der Waals surface area contributed by atoms with Gasteiger partial charge in [-0.25, -0.2) is 0 Å². The van der Waals surface area contributed by atoms with Crippen molar-refractivity contribution >= 4 is 34.1 Å². The molecule has 2 aromatic carbocycles.